The van der Waals surface area contributed by atoms with Crippen LogP contribution in [0.25, 0.3) is 5.52 Å². The van der Waals surface area contributed by atoms with E-state index in [9.17, 15) is 20.3 Å². The number of benzene rings is 1. The fraction of sp³-hybridized carbons (Fsp3) is 0.222. The molecule has 3 aromatic rings. The summed E-state index contributed by atoms with van der Waals surface area (Å²) in [5, 5.41) is 34.8. The van der Waals surface area contributed by atoms with Crippen molar-refractivity contribution in [1.82, 2.24) is 14.6 Å². The predicted octanol–water partition coefficient (Wildman–Crippen LogP) is -0.0345. The predicted molar refractivity (Wildman–Crippen MR) is 93.4 cm³/mol. The van der Waals surface area contributed by atoms with Crippen LogP contribution in [0.4, 0.5) is 5.82 Å². The molecule has 10 heteroatoms. The first kappa shape index (κ1) is 17.9. The first-order valence-electron chi connectivity index (χ1n) is 8.28. The minimum Gasteiger partial charge on any atom is -0.429 e. The molecule has 4 N–H and O–H groups in total. The molecule has 0 aliphatic carbocycles. The highest BCUT2D eigenvalue weighted by Crippen LogP contribution is 2.40. The number of fused-ring (bicyclic) bond motifs is 1. The van der Waals surface area contributed by atoms with Gasteiger partial charge in [0, 0.05) is 0 Å². The third kappa shape index (κ3) is 2.57. The number of carbonyl (C=O) groups is 1. The first-order chi connectivity index (χ1) is 13.5. The zero-order chi connectivity index (χ0) is 19.9. The van der Waals surface area contributed by atoms with Gasteiger partial charge in [-0.05, 0) is 24.3 Å². The van der Waals surface area contributed by atoms with E-state index < -0.39 is 30.1 Å². The van der Waals surface area contributed by atoms with Crippen LogP contribution >= 0.6 is 0 Å². The van der Waals surface area contributed by atoms with Gasteiger partial charge in [-0.3, -0.25) is 0 Å². The standard InChI is InChI=1S/C18H15N5O5/c19-8-18(12-7-6-11-15(20)21-9-22-23(11)12)14(25)13(24)17(28-18)27-16(26)10-4-2-1-3-5-10/h1-7,9,13-14,17,24-25H,(H2,20,21,22)/t13-,14+,17-,18-/m0/s1. The van der Waals surface area contributed by atoms with Crippen molar-refractivity contribution in [3.8, 4) is 6.07 Å². The molecular formula is C18H15N5O5. The molecule has 0 bridgehead atoms. The highest BCUT2D eigenvalue weighted by atomic mass is 16.7. The van der Waals surface area contributed by atoms with Crippen LogP contribution in [-0.2, 0) is 15.1 Å². The lowest BCUT2D eigenvalue weighted by Gasteiger charge is -2.23. The Morgan fingerprint density at radius 3 is 2.75 bits per heavy atom. The third-order valence-corrected chi connectivity index (χ3v) is 4.58. The molecule has 142 valence electrons. The third-order valence-electron chi connectivity index (χ3n) is 4.58. The summed E-state index contributed by atoms with van der Waals surface area (Å²) in [6.45, 7) is 0. The summed E-state index contributed by atoms with van der Waals surface area (Å²) in [6, 6.07) is 13.0. The van der Waals surface area contributed by atoms with Crippen molar-refractivity contribution in [2.24, 2.45) is 0 Å². The lowest BCUT2D eigenvalue weighted by Crippen LogP contribution is -2.41. The van der Waals surface area contributed by atoms with Gasteiger partial charge in [-0.1, -0.05) is 18.2 Å². The van der Waals surface area contributed by atoms with E-state index in [-0.39, 0.29) is 17.1 Å². The maximum absolute atomic E-state index is 12.3. The monoisotopic (exact) mass is 381 g/mol. The number of anilines is 1. The summed E-state index contributed by atoms with van der Waals surface area (Å²) in [5.74, 6) is -0.605. The Bertz CT molecular complexity index is 1080. The quantitative estimate of drug-likeness (QED) is 0.530. The summed E-state index contributed by atoms with van der Waals surface area (Å²) >= 11 is 0. The molecule has 2 aromatic heterocycles. The molecule has 1 saturated heterocycles. The zero-order valence-corrected chi connectivity index (χ0v) is 14.3. The van der Waals surface area contributed by atoms with E-state index in [1.54, 1.807) is 24.3 Å². The van der Waals surface area contributed by atoms with E-state index >= 15 is 0 Å². The number of nitrogens with zero attached hydrogens (tertiary/aromatic N) is 4. The van der Waals surface area contributed by atoms with Gasteiger partial charge in [0.05, 0.1) is 11.3 Å². The highest BCUT2D eigenvalue weighted by Gasteiger charge is 2.59. The number of aliphatic hydroxyl groups is 2. The maximum Gasteiger partial charge on any atom is 0.340 e. The van der Waals surface area contributed by atoms with E-state index in [0.717, 1.165) is 0 Å². The van der Waals surface area contributed by atoms with E-state index in [4.69, 9.17) is 15.2 Å². The molecule has 1 aromatic carbocycles. The number of hydrogen-bond acceptors (Lipinski definition) is 9. The molecular weight excluding hydrogens is 366 g/mol. The van der Waals surface area contributed by atoms with Crippen molar-refractivity contribution in [3.05, 3.63) is 60.0 Å². The lowest BCUT2D eigenvalue weighted by atomic mass is 9.93. The van der Waals surface area contributed by atoms with Crippen LogP contribution in [0.5, 0.6) is 0 Å². The Morgan fingerprint density at radius 1 is 1.29 bits per heavy atom. The normalized spacial score (nSPS) is 26.8. The van der Waals surface area contributed by atoms with Crippen LogP contribution in [0.2, 0.25) is 0 Å². The van der Waals surface area contributed by atoms with Crippen LogP contribution in [0.3, 0.4) is 0 Å². The Kier molecular flexibility index (Phi) is 4.20. The number of nitriles is 1. The molecule has 0 saturated carbocycles. The van der Waals surface area contributed by atoms with E-state index in [1.807, 2.05) is 6.07 Å². The van der Waals surface area contributed by atoms with E-state index in [0.29, 0.717) is 5.52 Å². The van der Waals surface area contributed by atoms with E-state index in [2.05, 4.69) is 10.1 Å². The number of nitrogen functional groups attached to an aromatic ring is 1. The van der Waals surface area contributed by atoms with Gasteiger partial charge in [0.1, 0.15) is 30.1 Å². The molecule has 4 atom stereocenters. The van der Waals surface area contributed by atoms with Gasteiger partial charge in [0.2, 0.25) is 11.9 Å². The van der Waals surface area contributed by atoms with Crippen LogP contribution in [0.15, 0.2) is 48.8 Å². The number of hydrogen-bond donors (Lipinski definition) is 3. The molecule has 3 heterocycles. The summed E-state index contributed by atoms with van der Waals surface area (Å²) in [5.41, 5.74) is 4.50. The molecule has 0 spiro atoms. The fourth-order valence-corrected chi connectivity index (χ4v) is 3.15. The largest absolute Gasteiger partial charge is 0.429 e. The Labute approximate surface area is 158 Å². The van der Waals surface area contributed by atoms with Gasteiger partial charge >= 0.3 is 5.97 Å². The van der Waals surface area contributed by atoms with E-state index in [1.165, 1.54) is 29.0 Å². The number of carbonyl (C=O) groups excluding carboxylic acids is 1. The second kappa shape index (κ2) is 6.58. The first-order valence-corrected chi connectivity index (χ1v) is 8.28. The minimum atomic E-state index is -2.03. The summed E-state index contributed by atoms with van der Waals surface area (Å²) < 4.78 is 12.0. The van der Waals surface area contributed by atoms with Crippen molar-refractivity contribution in [1.29, 1.82) is 5.26 Å². The summed E-state index contributed by atoms with van der Waals surface area (Å²) in [6.07, 6.45) is -3.74. The fourth-order valence-electron chi connectivity index (χ4n) is 3.15. The number of ether oxygens (including phenoxy) is 2. The SMILES string of the molecule is N#C[C@@]1(c2ccc3c(N)ncnn23)O[C@H](OC(=O)c2ccccc2)[C@@H](O)[C@H]1O. The van der Waals surface area contributed by atoms with Crippen LogP contribution in [-0.4, -0.2) is 49.3 Å². The van der Waals surface area contributed by atoms with Gasteiger partial charge in [-0.2, -0.15) is 10.4 Å². The smallest absolute Gasteiger partial charge is 0.340 e. The molecule has 1 aliphatic heterocycles. The van der Waals surface area contributed by atoms with Crippen molar-refractivity contribution in [2.45, 2.75) is 24.1 Å². The summed E-state index contributed by atoms with van der Waals surface area (Å²) in [7, 11) is 0. The molecule has 1 fully saturated rings. The number of rotatable bonds is 3. The zero-order valence-electron chi connectivity index (χ0n) is 14.3. The second-order valence-corrected chi connectivity index (χ2v) is 6.20. The maximum atomic E-state index is 12.3. The number of nitrogens with two attached hydrogens (primary N) is 1. The van der Waals surface area contributed by atoms with Crippen LogP contribution in [0.1, 0.15) is 16.1 Å². The van der Waals surface area contributed by atoms with Crippen molar-refractivity contribution in [3.63, 3.8) is 0 Å². The summed E-state index contributed by atoms with van der Waals surface area (Å²) in [4.78, 5) is 16.1. The molecule has 0 unspecified atom stereocenters. The minimum absolute atomic E-state index is 0.115. The molecule has 28 heavy (non-hydrogen) atoms. The average molecular weight is 381 g/mol. The topological polar surface area (TPSA) is 156 Å². The Hall–Kier alpha value is -3.52. The van der Waals surface area contributed by atoms with Gasteiger partial charge in [0.25, 0.3) is 0 Å². The average Bonchev–Trinajstić information content (AvgIpc) is 3.25. The lowest BCUT2D eigenvalue weighted by molar-refractivity contribution is -0.153. The Morgan fingerprint density at radius 2 is 2.04 bits per heavy atom. The van der Waals surface area contributed by atoms with Crippen molar-refractivity contribution >= 4 is 17.3 Å². The van der Waals surface area contributed by atoms with Gasteiger partial charge in [-0.25, -0.2) is 14.3 Å². The highest BCUT2D eigenvalue weighted by molar-refractivity contribution is 5.89. The number of esters is 1. The number of aliphatic hydroxyl groups excluding tert-OH is 2. The molecule has 4 rings (SSSR count). The van der Waals surface area contributed by atoms with Gasteiger partial charge < -0.3 is 25.4 Å². The van der Waals surface area contributed by atoms with Crippen molar-refractivity contribution < 1.29 is 24.5 Å². The molecule has 10 nitrogen and oxygen atoms in total. The van der Waals surface area contributed by atoms with Crippen LogP contribution < -0.4 is 5.73 Å². The second-order valence-electron chi connectivity index (χ2n) is 6.20. The van der Waals surface area contributed by atoms with Gasteiger partial charge in [0.15, 0.2) is 5.82 Å². The molecule has 0 amide bonds. The van der Waals surface area contributed by atoms with Gasteiger partial charge in [-0.15, -0.1) is 0 Å². The van der Waals surface area contributed by atoms with Crippen molar-refractivity contribution in [2.75, 3.05) is 5.73 Å². The van der Waals surface area contributed by atoms with Crippen LogP contribution in [0, 0.1) is 11.3 Å². The Balaban J connectivity index is 1.69. The molecule has 0 radical (unpaired) electrons. The molecule has 1 aliphatic rings. The number of aromatic nitrogens is 3.